The zero-order valence-electron chi connectivity index (χ0n) is 14.6. The predicted octanol–water partition coefficient (Wildman–Crippen LogP) is 6.60. The first-order chi connectivity index (χ1) is 13.7. The van der Waals surface area contributed by atoms with Crippen LogP contribution in [-0.4, -0.2) is 16.3 Å². The minimum Gasteiger partial charge on any atom is -0.298 e. The number of hydrogen-bond donors (Lipinski definition) is 0. The first-order valence-corrected chi connectivity index (χ1v) is 9.35. The molecule has 0 radical (unpaired) electrons. The molecule has 0 aliphatic heterocycles. The van der Waals surface area contributed by atoms with Crippen molar-refractivity contribution in [1.29, 1.82) is 0 Å². The molecule has 0 atom stereocenters. The lowest BCUT2D eigenvalue weighted by Gasteiger charge is -2.11. The van der Waals surface area contributed by atoms with Gasteiger partial charge in [0, 0.05) is 32.9 Å². The molecule has 4 aromatic rings. The van der Waals surface area contributed by atoms with E-state index < -0.39 is 0 Å². The Kier molecular flexibility index (Phi) is 5.20. The number of pyridine rings is 2. The summed E-state index contributed by atoms with van der Waals surface area (Å²) in [6.45, 7) is 0. The molecule has 0 amide bonds. The van der Waals surface area contributed by atoms with Crippen LogP contribution >= 0.6 is 23.2 Å². The van der Waals surface area contributed by atoms with Gasteiger partial charge in [-0.1, -0.05) is 47.5 Å². The van der Waals surface area contributed by atoms with Crippen LogP contribution < -0.4 is 0 Å². The Morgan fingerprint density at radius 2 is 1.57 bits per heavy atom. The van der Waals surface area contributed by atoms with Gasteiger partial charge in [0.2, 0.25) is 0 Å². The number of halogens is 2. The highest BCUT2D eigenvalue weighted by Crippen LogP contribution is 2.35. The molecular formula is C23H14Cl2N2O. The predicted molar refractivity (Wildman–Crippen MR) is 114 cm³/mol. The Hall–Kier alpha value is -3.01. The summed E-state index contributed by atoms with van der Waals surface area (Å²) in [5, 5.41) is 1.08. The van der Waals surface area contributed by atoms with Crippen molar-refractivity contribution >= 4 is 29.5 Å². The van der Waals surface area contributed by atoms with Gasteiger partial charge in [0.15, 0.2) is 6.29 Å². The summed E-state index contributed by atoms with van der Waals surface area (Å²) in [5.74, 6) is 0. The van der Waals surface area contributed by atoms with Crippen LogP contribution in [0.5, 0.6) is 0 Å². The molecule has 0 spiro atoms. The summed E-state index contributed by atoms with van der Waals surface area (Å²) < 4.78 is 0. The molecule has 5 heteroatoms. The van der Waals surface area contributed by atoms with Gasteiger partial charge >= 0.3 is 0 Å². The molecule has 2 heterocycles. The average molecular weight is 405 g/mol. The Labute approximate surface area is 172 Å². The molecule has 4 rings (SSSR count). The first kappa shape index (κ1) is 18.4. The molecule has 28 heavy (non-hydrogen) atoms. The van der Waals surface area contributed by atoms with E-state index in [0.29, 0.717) is 26.7 Å². The fourth-order valence-electron chi connectivity index (χ4n) is 3.01. The Balaban J connectivity index is 1.84. The maximum Gasteiger partial charge on any atom is 0.150 e. The van der Waals surface area contributed by atoms with E-state index in [1.807, 2.05) is 48.5 Å². The smallest absolute Gasteiger partial charge is 0.150 e. The lowest BCUT2D eigenvalue weighted by molar-refractivity contribution is 0.112. The van der Waals surface area contributed by atoms with E-state index in [4.69, 9.17) is 28.2 Å². The summed E-state index contributed by atoms with van der Waals surface area (Å²) in [6.07, 6.45) is 2.55. The van der Waals surface area contributed by atoms with Gasteiger partial charge in [-0.15, -0.1) is 0 Å². The summed E-state index contributed by atoms with van der Waals surface area (Å²) in [7, 11) is 0. The van der Waals surface area contributed by atoms with Gasteiger partial charge in [-0.2, -0.15) is 0 Å². The molecule has 0 aliphatic rings. The average Bonchev–Trinajstić information content (AvgIpc) is 2.76. The fourth-order valence-corrected chi connectivity index (χ4v) is 3.40. The second-order valence-electron chi connectivity index (χ2n) is 6.17. The maximum absolute atomic E-state index is 11.6. The third kappa shape index (κ3) is 3.68. The van der Waals surface area contributed by atoms with Gasteiger partial charge in [0.25, 0.3) is 0 Å². The van der Waals surface area contributed by atoms with Crippen molar-refractivity contribution in [2.75, 3.05) is 0 Å². The van der Waals surface area contributed by atoms with E-state index >= 15 is 0 Å². The summed E-state index contributed by atoms with van der Waals surface area (Å²) in [4.78, 5) is 20.7. The minimum atomic E-state index is 0.528. The number of aldehydes is 1. The van der Waals surface area contributed by atoms with Gasteiger partial charge in [0.1, 0.15) is 0 Å². The van der Waals surface area contributed by atoms with Crippen molar-refractivity contribution in [1.82, 2.24) is 9.97 Å². The lowest BCUT2D eigenvalue weighted by Crippen LogP contribution is -1.93. The fraction of sp³-hybridized carbons (Fsp3) is 0. The molecule has 0 fully saturated rings. The van der Waals surface area contributed by atoms with Crippen molar-refractivity contribution in [3.05, 3.63) is 94.6 Å². The SMILES string of the molecule is O=Cc1ccc(-c2cccc(-c3ccccn3)n2)cc1-c1cc(Cl)ccc1Cl. The number of rotatable bonds is 4. The Bertz CT molecular complexity index is 1160. The number of nitrogens with zero attached hydrogens (tertiary/aromatic N) is 2. The van der Waals surface area contributed by atoms with Crippen molar-refractivity contribution in [2.24, 2.45) is 0 Å². The Morgan fingerprint density at radius 3 is 2.36 bits per heavy atom. The zero-order valence-corrected chi connectivity index (χ0v) is 16.2. The van der Waals surface area contributed by atoms with Crippen LogP contribution in [0.4, 0.5) is 0 Å². The van der Waals surface area contributed by atoms with Gasteiger partial charge in [-0.25, -0.2) is 4.98 Å². The maximum atomic E-state index is 11.6. The second kappa shape index (κ2) is 7.93. The number of hydrogen-bond acceptors (Lipinski definition) is 3. The molecule has 2 aromatic carbocycles. The highest BCUT2D eigenvalue weighted by molar-refractivity contribution is 6.35. The molecule has 2 aromatic heterocycles. The van der Waals surface area contributed by atoms with E-state index in [9.17, 15) is 4.79 Å². The van der Waals surface area contributed by atoms with Gasteiger partial charge < -0.3 is 0 Å². The first-order valence-electron chi connectivity index (χ1n) is 8.59. The molecule has 0 saturated carbocycles. The number of benzene rings is 2. The van der Waals surface area contributed by atoms with E-state index in [0.717, 1.165) is 28.9 Å². The minimum absolute atomic E-state index is 0.528. The van der Waals surface area contributed by atoms with Crippen LogP contribution in [0.2, 0.25) is 10.0 Å². The van der Waals surface area contributed by atoms with Crippen molar-refractivity contribution in [2.45, 2.75) is 0 Å². The van der Waals surface area contributed by atoms with E-state index in [2.05, 4.69) is 4.98 Å². The monoisotopic (exact) mass is 404 g/mol. The Morgan fingerprint density at radius 1 is 0.750 bits per heavy atom. The van der Waals surface area contributed by atoms with E-state index in [1.54, 1.807) is 30.5 Å². The van der Waals surface area contributed by atoms with E-state index in [-0.39, 0.29) is 0 Å². The number of carbonyl (C=O) groups is 1. The van der Waals surface area contributed by atoms with Gasteiger partial charge in [-0.05, 0) is 54.1 Å². The van der Waals surface area contributed by atoms with Crippen LogP contribution in [0.25, 0.3) is 33.8 Å². The van der Waals surface area contributed by atoms with Crippen LogP contribution in [0, 0.1) is 0 Å². The van der Waals surface area contributed by atoms with Crippen LogP contribution in [0.3, 0.4) is 0 Å². The summed E-state index contributed by atoms with van der Waals surface area (Å²) in [5.41, 5.74) is 5.18. The van der Waals surface area contributed by atoms with Crippen molar-refractivity contribution < 1.29 is 4.79 Å². The van der Waals surface area contributed by atoms with Gasteiger partial charge in [0.05, 0.1) is 17.1 Å². The molecule has 0 saturated heterocycles. The zero-order chi connectivity index (χ0) is 19.5. The second-order valence-corrected chi connectivity index (χ2v) is 7.01. The van der Waals surface area contributed by atoms with Crippen molar-refractivity contribution in [3.8, 4) is 33.8 Å². The molecule has 0 aliphatic carbocycles. The molecule has 136 valence electrons. The third-order valence-corrected chi connectivity index (χ3v) is 4.94. The molecule has 0 N–H and O–H groups in total. The number of carbonyl (C=O) groups excluding carboxylic acids is 1. The quantitative estimate of drug-likeness (QED) is 0.360. The molecule has 3 nitrogen and oxygen atoms in total. The highest BCUT2D eigenvalue weighted by atomic mass is 35.5. The van der Waals surface area contributed by atoms with Crippen LogP contribution in [-0.2, 0) is 0 Å². The number of aromatic nitrogens is 2. The summed E-state index contributed by atoms with van der Waals surface area (Å²) >= 11 is 12.5. The van der Waals surface area contributed by atoms with Crippen LogP contribution in [0.15, 0.2) is 79.0 Å². The third-order valence-electron chi connectivity index (χ3n) is 4.37. The molecular weight excluding hydrogens is 391 g/mol. The summed E-state index contributed by atoms with van der Waals surface area (Å²) in [6, 6.07) is 22.2. The largest absolute Gasteiger partial charge is 0.298 e. The normalized spacial score (nSPS) is 10.6. The highest BCUT2D eigenvalue weighted by Gasteiger charge is 2.12. The topological polar surface area (TPSA) is 42.9 Å². The standard InChI is InChI=1S/C23H14Cl2N2O/c24-17-9-10-20(25)19(13-17)18-12-15(7-8-16(18)14-28)21-5-3-6-23(27-21)22-4-1-2-11-26-22/h1-14H. The van der Waals surface area contributed by atoms with Gasteiger partial charge in [-0.3, -0.25) is 9.78 Å². The molecule has 0 bridgehead atoms. The van der Waals surface area contributed by atoms with Crippen molar-refractivity contribution in [3.63, 3.8) is 0 Å². The lowest BCUT2D eigenvalue weighted by atomic mass is 9.96. The molecule has 0 unspecified atom stereocenters. The van der Waals surface area contributed by atoms with E-state index in [1.165, 1.54) is 0 Å². The van der Waals surface area contributed by atoms with Crippen LogP contribution in [0.1, 0.15) is 10.4 Å².